The van der Waals surface area contributed by atoms with Gasteiger partial charge in [-0.25, -0.2) is 9.50 Å². The fourth-order valence-corrected chi connectivity index (χ4v) is 3.32. The van der Waals surface area contributed by atoms with E-state index in [-0.39, 0.29) is 5.56 Å². The molecular formula is C17H16F3N5OS. The number of carbonyl (C=O) groups excluding carboxylic acids is 1. The zero-order chi connectivity index (χ0) is 19.6. The van der Waals surface area contributed by atoms with Crippen LogP contribution in [0.5, 0.6) is 0 Å². The highest BCUT2D eigenvalue weighted by atomic mass is 32.2. The van der Waals surface area contributed by atoms with Gasteiger partial charge in [-0.3, -0.25) is 4.79 Å². The summed E-state index contributed by atoms with van der Waals surface area (Å²) in [5.41, 5.74) is 2.52. The van der Waals surface area contributed by atoms with E-state index in [1.807, 2.05) is 25.2 Å². The molecular weight excluding hydrogens is 379 g/mol. The Hall–Kier alpha value is -2.62. The number of rotatable bonds is 5. The molecule has 0 aliphatic heterocycles. The fourth-order valence-electron chi connectivity index (χ4n) is 2.49. The third kappa shape index (κ3) is 4.76. The van der Waals surface area contributed by atoms with Gasteiger partial charge in [0, 0.05) is 22.7 Å². The number of carbonyl (C=O) groups is 1. The van der Waals surface area contributed by atoms with Crippen LogP contribution in [0.1, 0.15) is 27.3 Å². The zero-order valence-corrected chi connectivity index (χ0v) is 15.4. The molecule has 2 heterocycles. The lowest BCUT2D eigenvalue weighted by Gasteiger charge is -2.11. The minimum atomic E-state index is -4.46. The molecule has 10 heteroatoms. The highest BCUT2D eigenvalue weighted by Gasteiger charge is 2.28. The molecule has 0 fully saturated rings. The van der Waals surface area contributed by atoms with Crippen molar-refractivity contribution in [2.75, 3.05) is 6.54 Å². The third-order valence-corrected chi connectivity index (χ3v) is 4.55. The molecule has 0 unspecified atom stereocenters. The van der Waals surface area contributed by atoms with Gasteiger partial charge in [0.1, 0.15) is 6.54 Å². The van der Waals surface area contributed by atoms with E-state index >= 15 is 0 Å². The summed E-state index contributed by atoms with van der Waals surface area (Å²) in [6, 6.07) is 8.40. The number of aromatic nitrogens is 4. The topological polar surface area (TPSA) is 72.2 Å². The van der Waals surface area contributed by atoms with Crippen molar-refractivity contribution < 1.29 is 18.0 Å². The highest BCUT2D eigenvalue weighted by molar-refractivity contribution is 7.98. The Bertz CT molecular complexity index is 986. The van der Waals surface area contributed by atoms with Crippen molar-refractivity contribution in [2.45, 2.75) is 30.9 Å². The van der Waals surface area contributed by atoms with E-state index < -0.39 is 18.6 Å². The van der Waals surface area contributed by atoms with Crippen LogP contribution < -0.4 is 5.32 Å². The van der Waals surface area contributed by atoms with E-state index in [1.165, 1.54) is 17.8 Å². The molecule has 0 spiro atoms. The molecule has 0 saturated heterocycles. The molecule has 0 atom stereocenters. The van der Waals surface area contributed by atoms with Crippen LogP contribution >= 0.6 is 11.8 Å². The summed E-state index contributed by atoms with van der Waals surface area (Å²) in [6.07, 6.45) is -4.46. The van der Waals surface area contributed by atoms with Gasteiger partial charge in [0.05, 0.1) is 0 Å². The predicted molar refractivity (Wildman–Crippen MR) is 94.6 cm³/mol. The maximum Gasteiger partial charge on any atom is 0.405 e. The number of halogens is 3. The van der Waals surface area contributed by atoms with Gasteiger partial charge in [-0.05, 0) is 31.5 Å². The number of benzene rings is 1. The number of nitrogens with zero attached hydrogens (tertiary/aromatic N) is 4. The normalized spacial score (nSPS) is 11.7. The first kappa shape index (κ1) is 19.2. The second-order valence-electron chi connectivity index (χ2n) is 5.89. The second-order valence-corrected chi connectivity index (χ2v) is 6.83. The second kappa shape index (κ2) is 7.55. The number of amides is 1. The molecule has 1 aromatic carbocycles. The quantitative estimate of drug-likeness (QED) is 0.671. The maximum atomic E-state index is 12.3. The predicted octanol–water partition coefficient (Wildman–Crippen LogP) is 3.33. The number of hydrogen-bond donors (Lipinski definition) is 1. The molecule has 1 N–H and O–H groups in total. The van der Waals surface area contributed by atoms with Gasteiger partial charge in [0.2, 0.25) is 5.16 Å². The van der Waals surface area contributed by atoms with E-state index in [4.69, 9.17) is 0 Å². The molecule has 0 aliphatic rings. The van der Waals surface area contributed by atoms with Gasteiger partial charge < -0.3 is 5.32 Å². The average molecular weight is 395 g/mol. The van der Waals surface area contributed by atoms with Crippen molar-refractivity contribution in [3.8, 4) is 0 Å². The number of fused-ring (bicyclic) bond motifs is 1. The number of thioether (sulfide) groups is 1. The summed E-state index contributed by atoms with van der Waals surface area (Å²) in [7, 11) is 0. The Morgan fingerprint density at radius 3 is 2.70 bits per heavy atom. The van der Waals surface area contributed by atoms with E-state index in [1.54, 1.807) is 22.7 Å². The van der Waals surface area contributed by atoms with Crippen molar-refractivity contribution >= 4 is 23.4 Å². The van der Waals surface area contributed by atoms with Crippen molar-refractivity contribution in [1.82, 2.24) is 24.9 Å². The highest BCUT2D eigenvalue weighted by Crippen LogP contribution is 2.23. The monoisotopic (exact) mass is 395 g/mol. The maximum absolute atomic E-state index is 12.3. The number of aryl methyl sites for hydroxylation is 2. The minimum absolute atomic E-state index is 0.197. The van der Waals surface area contributed by atoms with Crippen molar-refractivity contribution in [3.05, 3.63) is 52.8 Å². The Morgan fingerprint density at radius 1 is 1.22 bits per heavy atom. The number of hydrogen-bond acceptors (Lipinski definition) is 5. The number of nitrogens with one attached hydrogen (secondary N) is 1. The lowest BCUT2D eigenvalue weighted by Crippen LogP contribution is -2.34. The summed E-state index contributed by atoms with van der Waals surface area (Å²) in [5, 5.41) is 6.74. The summed E-state index contributed by atoms with van der Waals surface area (Å²) in [6.45, 7) is 2.39. The molecule has 3 rings (SSSR count). The summed E-state index contributed by atoms with van der Waals surface area (Å²) >= 11 is 1.28. The molecule has 3 aromatic rings. The zero-order valence-electron chi connectivity index (χ0n) is 14.5. The van der Waals surface area contributed by atoms with Crippen molar-refractivity contribution in [3.63, 3.8) is 0 Å². The van der Waals surface area contributed by atoms with Crippen LogP contribution in [0.3, 0.4) is 0 Å². The molecule has 1 amide bonds. The van der Waals surface area contributed by atoms with Crippen LogP contribution in [-0.2, 0) is 5.75 Å². The van der Waals surface area contributed by atoms with E-state index in [2.05, 4.69) is 15.1 Å². The lowest BCUT2D eigenvalue weighted by atomic mass is 10.1. The SMILES string of the molecule is Cc1cc(C)n2nc(SCc3ccccc3C(=O)NCC(F)(F)F)nc2n1. The van der Waals surface area contributed by atoms with E-state index in [0.717, 1.165) is 11.4 Å². The smallest absolute Gasteiger partial charge is 0.343 e. The van der Waals surface area contributed by atoms with Crippen LogP contribution in [0.25, 0.3) is 5.78 Å². The van der Waals surface area contributed by atoms with Crippen LogP contribution in [0, 0.1) is 13.8 Å². The van der Waals surface area contributed by atoms with Gasteiger partial charge >= 0.3 is 6.18 Å². The molecule has 0 radical (unpaired) electrons. The third-order valence-electron chi connectivity index (χ3n) is 3.67. The molecule has 0 saturated carbocycles. The van der Waals surface area contributed by atoms with Gasteiger partial charge in [-0.1, -0.05) is 30.0 Å². The Morgan fingerprint density at radius 2 is 1.96 bits per heavy atom. The first-order chi connectivity index (χ1) is 12.7. The fraction of sp³-hybridized carbons (Fsp3) is 0.294. The Balaban J connectivity index is 1.75. The van der Waals surface area contributed by atoms with Crippen LogP contribution in [0.15, 0.2) is 35.5 Å². The van der Waals surface area contributed by atoms with E-state index in [0.29, 0.717) is 22.3 Å². The Labute approximate surface area is 157 Å². The molecule has 2 aromatic heterocycles. The first-order valence-corrected chi connectivity index (χ1v) is 8.98. The average Bonchev–Trinajstić information content (AvgIpc) is 3.00. The van der Waals surface area contributed by atoms with Crippen molar-refractivity contribution in [1.29, 1.82) is 0 Å². The molecule has 0 aliphatic carbocycles. The van der Waals surface area contributed by atoms with Crippen LogP contribution in [-0.4, -0.2) is 38.2 Å². The van der Waals surface area contributed by atoms with Gasteiger partial charge in [0.25, 0.3) is 11.7 Å². The van der Waals surface area contributed by atoms with E-state index in [9.17, 15) is 18.0 Å². The summed E-state index contributed by atoms with van der Waals surface area (Å²) in [5.74, 6) is 0.0515. The molecule has 142 valence electrons. The lowest BCUT2D eigenvalue weighted by molar-refractivity contribution is -0.123. The minimum Gasteiger partial charge on any atom is -0.343 e. The summed E-state index contributed by atoms with van der Waals surface area (Å²) in [4.78, 5) is 20.7. The summed E-state index contributed by atoms with van der Waals surface area (Å²) < 4.78 is 38.6. The Kier molecular flexibility index (Phi) is 5.36. The molecule has 27 heavy (non-hydrogen) atoms. The standard InChI is InChI=1S/C17H16F3N5OS/c1-10-7-11(2)25-15(22-10)23-16(24-25)27-8-12-5-3-4-6-13(12)14(26)21-9-17(18,19)20/h3-7H,8-9H2,1-2H3,(H,21,26). The first-order valence-electron chi connectivity index (χ1n) is 7.99. The molecule has 6 nitrogen and oxygen atoms in total. The molecule has 0 bridgehead atoms. The van der Waals surface area contributed by atoms with Gasteiger partial charge in [0.15, 0.2) is 0 Å². The number of alkyl halides is 3. The largest absolute Gasteiger partial charge is 0.405 e. The van der Waals surface area contributed by atoms with Crippen LogP contribution in [0.4, 0.5) is 13.2 Å². The van der Waals surface area contributed by atoms with Crippen LogP contribution in [0.2, 0.25) is 0 Å². The van der Waals surface area contributed by atoms with Crippen molar-refractivity contribution in [2.24, 2.45) is 0 Å². The van der Waals surface area contributed by atoms with Gasteiger partial charge in [-0.15, -0.1) is 5.10 Å². The van der Waals surface area contributed by atoms with Gasteiger partial charge in [-0.2, -0.15) is 18.2 Å².